The van der Waals surface area contributed by atoms with Gasteiger partial charge in [0.1, 0.15) is 0 Å². The Morgan fingerprint density at radius 2 is 1.78 bits per heavy atom. The van der Waals surface area contributed by atoms with Crippen LogP contribution < -0.4 is 5.32 Å². The van der Waals surface area contributed by atoms with E-state index in [0.717, 1.165) is 19.3 Å². The molecule has 0 spiro atoms. The third-order valence-corrected chi connectivity index (χ3v) is 3.25. The molecule has 1 N–H and O–H groups in total. The molecule has 106 valence electrons. The Labute approximate surface area is 106 Å². The van der Waals surface area contributed by atoms with Gasteiger partial charge in [-0.15, -0.1) is 0 Å². The maximum Gasteiger partial charge on any atom is 0.258 e. The van der Waals surface area contributed by atoms with Crippen molar-refractivity contribution in [3.63, 3.8) is 0 Å². The fraction of sp³-hybridized carbons (Fsp3) is 0.923. The SMILES string of the molecule is CC.CC(CC1CC1)NC(=O)C1(F)CC(F)(F)C1. The van der Waals surface area contributed by atoms with Crippen molar-refractivity contribution in [2.75, 3.05) is 0 Å². The summed E-state index contributed by atoms with van der Waals surface area (Å²) in [7, 11) is 0. The maximum atomic E-state index is 13.6. The van der Waals surface area contributed by atoms with E-state index in [0.29, 0.717) is 5.92 Å². The average molecular weight is 265 g/mol. The van der Waals surface area contributed by atoms with Crippen LogP contribution in [0, 0.1) is 5.92 Å². The first kappa shape index (κ1) is 15.3. The van der Waals surface area contributed by atoms with E-state index in [1.165, 1.54) is 0 Å². The molecular formula is C13H22F3NO. The van der Waals surface area contributed by atoms with Crippen molar-refractivity contribution in [1.29, 1.82) is 0 Å². The largest absolute Gasteiger partial charge is 0.351 e. The summed E-state index contributed by atoms with van der Waals surface area (Å²) in [5.74, 6) is -3.26. The predicted octanol–water partition coefficient (Wildman–Crippen LogP) is 3.45. The van der Waals surface area contributed by atoms with Crippen molar-refractivity contribution in [3.8, 4) is 0 Å². The van der Waals surface area contributed by atoms with E-state index < -0.39 is 30.3 Å². The third kappa shape index (κ3) is 3.89. The van der Waals surface area contributed by atoms with Crippen LogP contribution in [0.15, 0.2) is 0 Å². The molecule has 1 amide bonds. The van der Waals surface area contributed by atoms with E-state index >= 15 is 0 Å². The van der Waals surface area contributed by atoms with Gasteiger partial charge in [0.25, 0.3) is 11.8 Å². The quantitative estimate of drug-likeness (QED) is 0.828. The Bertz CT molecular complexity index is 295. The van der Waals surface area contributed by atoms with Gasteiger partial charge in [-0.05, 0) is 19.3 Å². The van der Waals surface area contributed by atoms with Gasteiger partial charge < -0.3 is 5.32 Å². The number of hydrogen-bond acceptors (Lipinski definition) is 1. The first-order chi connectivity index (χ1) is 8.31. The van der Waals surface area contributed by atoms with Crippen LogP contribution in [0.3, 0.4) is 0 Å². The zero-order valence-corrected chi connectivity index (χ0v) is 11.2. The van der Waals surface area contributed by atoms with Crippen molar-refractivity contribution in [2.24, 2.45) is 5.92 Å². The molecule has 5 heteroatoms. The van der Waals surface area contributed by atoms with E-state index in [-0.39, 0.29) is 6.04 Å². The molecule has 0 aromatic rings. The highest BCUT2D eigenvalue weighted by Gasteiger charge is 2.62. The number of amides is 1. The van der Waals surface area contributed by atoms with Gasteiger partial charge in [-0.1, -0.05) is 26.7 Å². The standard InChI is InChI=1S/C11H16F3NO.C2H6/c1-7(4-8-2-3-8)15-9(16)10(12)5-11(13,14)6-10;1-2/h7-8H,2-6H2,1H3,(H,15,16);1-2H3. The molecule has 0 heterocycles. The molecule has 2 fully saturated rings. The summed E-state index contributed by atoms with van der Waals surface area (Å²) in [6.07, 6.45) is 1.18. The molecule has 1 unspecified atom stereocenters. The van der Waals surface area contributed by atoms with E-state index in [1.54, 1.807) is 6.92 Å². The fourth-order valence-electron chi connectivity index (χ4n) is 2.19. The van der Waals surface area contributed by atoms with Gasteiger partial charge in [0.05, 0.1) is 12.8 Å². The molecular weight excluding hydrogens is 243 g/mol. The molecule has 2 aliphatic rings. The average Bonchev–Trinajstić information content (AvgIpc) is 3.01. The number of halogens is 3. The van der Waals surface area contributed by atoms with E-state index in [4.69, 9.17) is 0 Å². The molecule has 2 aliphatic carbocycles. The van der Waals surface area contributed by atoms with E-state index in [1.807, 2.05) is 13.8 Å². The number of rotatable bonds is 4. The molecule has 0 radical (unpaired) electrons. The summed E-state index contributed by atoms with van der Waals surface area (Å²) < 4.78 is 38.7. The second-order valence-electron chi connectivity index (χ2n) is 5.23. The Balaban J connectivity index is 0.000000771. The summed E-state index contributed by atoms with van der Waals surface area (Å²) in [5.41, 5.74) is -2.35. The lowest BCUT2D eigenvalue weighted by atomic mass is 9.77. The smallest absolute Gasteiger partial charge is 0.258 e. The number of nitrogens with one attached hydrogen (secondary N) is 1. The van der Waals surface area contributed by atoms with Gasteiger partial charge >= 0.3 is 0 Å². The van der Waals surface area contributed by atoms with Crippen LogP contribution in [0.25, 0.3) is 0 Å². The molecule has 0 aromatic heterocycles. The summed E-state index contributed by atoms with van der Waals surface area (Å²) in [6.45, 7) is 5.79. The van der Waals surface area contributed by atoms with Gasteiger partial charge in [-0.3, -0.25) is 4.79 Å². The lowest BCUT2D eigenvalue weighted by molar-refractivity contribution is -0.184. The topological polar surface area (TPSA) is 29.1 Å². The predicted molar refractivity (Wildman–Crippen MR) is 64.3 cm³/mol. The summed E-state index contributed by atoms with van der Waals surface area (Å²) in [4.78, 5) is 11.4. The minimum atomic E-state index is -3.01. The first-order valence-corrected chi connectivity index (χ1v) is 6.68. The fourth-order valence-corrected chi connectivity index (χ4v) is 2.19. The van der Waals surface area contributed by atoms with Crippen molar-refractivity contribution >= 4 is 5.91 Å². The third-order valence-electron chi connectivity index (χ3n) is 3.25. The monoisotopic (exact) mass is 265 g/mol. The van der Waals surface area contributed by atoms with Gasteiger partial charge in [0, 0.05) is 6.04 Å². The Kier molecular flexibility index (Phi) is 4.67. The molecule has 1 atom stereocenters. The van der Waals surface area contributed by atoms with E-state index in [2.05, 4.69) is 5.32 Å². The molecule has 0 bridgehead atoms. The second kappa shape index (κ2) is 5.49. The van der Waals surface area contributed by atoms with Crippen LogP contribution in [-0.2, 0) is 4.79 Å². The van der Waals surface area contributed by atoms with Gasteiger partial charge in [0.15, 0.2) is 5.67 Å². The maximum absolute atomic E-state index is 13.6. The molecule has 0 aromatic carbocycles. The van der Waals surface area contributed by atoms with E-state index in [9.17, 15) is 18.0 Å². The summed E-state index contributed by atoms with van der Waals surface area (Å²) in [6, 6.07) is -0.123. The van der Waals surface area contributed by atoms with Crippen LogP contribution in [0.5, 0.6) is 0 Å². The van der Waals surface area contributed by atoms with Crippen LogP contribution in [0.2, 0.25) is 0 Å². The number of hydrogen-bond donors (Lipinski definition) is 1. The minimum absolute atomic E-state index is 0.123. The molecule has 18 heavy (non-hydrogen) atoms. The zero-order chi connectivity index (χ0) is 14.0. The van der Waals surface area contributed by atoms with Crippen molar-refractivity contribution < 1.29 is 18.0 Å². The Morgan fingerprint density at radius 1 is 1.28 bits per heavy atom. The second-order valence-corrected chi connectivity index (χ2v) is 5.23. The number of carbonyl (C=O) groups excluding carboxylic acids is 1. The van der Waals surface area contributed by atoms with Crippen molar-refractivity contribution in [2.45, 2.75) is 70.5 Å². The van der Waals surface area contributed by atoms with Crippen molar-refractivity contribution in [1.82, 2.24) is 5.32 Å². The normalized spacial score (nSPS) is 25.2. The number of carbonyl (C=O) groups is 1. The Morgan fingerprint density at radius 3 is 2.17 bits per heavy atom. The van der Waals surface area contributed by atoms with Gasteiger partial charge in [-0.2, -0.15) is 0 Å². The van der Waals surface area contributed by atoms with Crippen LogP contribution in [0.1, 0.15) is 52.9 Å². The molecule has 0 aliphatic heterocycles. The highest BCUT2D eigenvalue weighted by molar-refractivity contribution is 5.86. The van der Waals surface area contributed by atoms with Gasteiger partial charge in [-0.25, -0.2) is 13.2 Å². The number of alkyl halides is 3. The lowest BCUT2D eigenvalue weighted by Crippen LogP contribution is -2.59. The molecule has 2 nitrogen and oxygen atoms in total. The van der Waals surface area contributed by atoms with Crippen LogP contribution in [0.4, 0.5) is 13.2 Å². The first-order valence-electron chi connectivity index (χ1n) is 6.68. The van der Waals surface area contributed by atoms with Gasteiger partial charge in [0.2, 0.25) is 0 Å². The summed E-state index contributed by atoms with van der Waals surface area (Å²) >= 11 is 0. The zero-order valence-electron chi connectivity index (χ0n) is 11.2. The molecule has 2 saturated carbocycles. The van der Waals surface area contributed by atoms with Crippen LogP contribution in [-0.4, -0.2) is 23.5 Å². The summed E-state index contributed by atoms with van der Waals surface area (Å²) in [5, 5.41) is 2.48. The Hall–Kier alpha value is -0.740. The van der Waals surface area contributed by atoms with Crippen LogP contribution >= 0.6 is 0 Å². The van der Waals surface area contributed by atoms with Crippen molar-refractivity contribution in [3.05, 3.63) is 0 Å². The minimum Gasteiger partial charge on any atom is -0.351 e. The highest BCUT2D eigenvalue weighted by atomic mass is 19.3. The molecule has 0 saturated heterocycles. The highest BCUT2D eigenvalue weighted by Crippen LogP contribution is 2.48. The molecule has 2 rings (SSSR count). The lowest BCUT2D eigenvalue weighted by Gasteiger charge is -2.39.